The summed E-state index contributed by atoms with van der Waals surface area (Å²) in [6.45, 7) is 7.00. The van der Waals surface area contributed by atoms with Gasteiger partial charge in [-0.3, -0.25) is 4.79 Å². The Morgan fingerprint density at radius 2 is 2.12 bits per heavy atom. The van der Waals surface area contributed by atoms with E-state index in [-0.39, 0.29) is 11.8 Å². The van der Waals surface area contributed by atoms with Gasteiger partial charge in [-0.05, 0) is 74.1 Å². The van der Waals surface area contributed by atoms with Gasteiger partial charge in [0.25, 0.3) is 0 Å². The van der Waals surface area contributed by atoms with Crippen molar-refractivity contribution in [1.82, 2.24) is 4.98 Å². The van der Waals surface area contributed by atoms with Crippen LogP contribution in [0.1, 0.15) is 48.8 Å². The summed E-state index contributed by atoms with van der Waals surface area (Å²) in [7, 11) is 1.65. The molecule has 7 nitrogen and oxygen atoms in total. The number of methoxy groups -OCH3 is 1. The standard InChI is InChI=1S/C27H32N2O5/c1-5-28-24-15-19(7-11-25(24)32-4)26-29-23(17(3)34-26)12-13-33-20-8-10-22-18(14-20)6-9-21(22)16(2)27(30)31/h7-8,10-11,14-16,21,28H,5-6,9,12-13H2,1-4H3,(H,30,31)/t16-,21-/m0/s1. The van der Waals surface area contributed by atoms with Crippen LogP contribution in [0, 0.1) is 12.8 Å². The first-order chi connectivity index (χ1) is 16.4. The number of ether oxygens (including phenoxy) is 2. The van der Waals surface area contributed by atoms with Gasteiger partial charge < -0.3 is 24.3 Å². The molecule has 0 aliphatic heterocycles. The number of hydrogen-bond donors (Lipinski definition) is 2. The van der Waals surface area contributed by atoms with Gasteiger partial charge in [0.1, 0.15) is 17.3 Å². The number of hydrogen-bond acceptors (Lipinski definition) is 6. The van der Waals surface area contributed by atoms with Gasteiger partial charge in [-0.25, -0.2) is 4.98 Å². The predicted molar refractivity (Wildman–Crippen MR) is 131 cm³/mol. The number of oxazole rings is 1. The lowest BCUT2D eigenvalue weighted by atomic mass is 9.89. The zero-order valence-electron chi connectivity index (χ0n) is 20.2. The molecule has 0 fully saturated rings. The summed E-state index contributed by atoms with van der Waals surface area (Å²) in [6.07, 6.45) is 2.38. The largest absolute Gasteiger partial charge is 0.495 e. The van der Waals surface area contributed by atoms with E-state index in [2.05, 4.69) is 5.32 Å². The van der Waals surface area contributed by atoms with Crippen molar-refractivity contribution in [2.24, 2.45) is 5.92 Å². The van der Waals surface area contributed by atoms with E-state index in [1.54, 1.807) is 14.0 Å². The van der Waals surface area contributed by atoms with Crippen molar-refractivity contribution < 1.29 is 23.8 Å². The van der Waals surface area contributed by atoms with E-state index in [0.29, 0.717) is 18.9 Å². The van der Waals surface area contributed by atoms with E-state index in [4.69, 9.17) is 18.9 Å². The molecule has 0 radical (unpaired) electrons. The second-order valence-electron chi connectivity index (χ2n) is 8.70. The molecule has 0 saturated carbocycles. The summed E-state index contributed by atoms with van der Waals surface area (Å²) < 4.78 is 17.4. The normalized spacial score (nSPS) is 15.6. The molecular formula is C27H32N2O5. The maximum atomic E-state index is 11.4. The Hall–Kier alpha value is -3.48. The van der Waals surface area contributed by atoms with Crippen LogP contribution in [0.15, 0.2) is 40.8 Å². The van der Waals surface area contributed by atoms with Crippen molar-refractivity contribution in [3.05, 3.63) is 59.0 Å². The lowest BCUT2D eigenvalue weighted by molar-refractivity contribution is -0.141. The maximum absolute atomic E-state index is 11.4. The highest BCUT2D eigenvalue weighted by atomic mass is 16.5. The van der Waals surface area contributed by atoms with Crippen LogP contribution in [-0.2, 0) is 17.6 Å². The highest BCUT2D eigenvalue weighted by Gasteiger charge is 2.31. The minimum atomic E-state index is -0.743. The minimum absolute atomic E-state index is 0.0729. The van der Waals surface area contributed by atoms with E-state index in [1.807, 2.05) is 50.2 Å². The number of fused-ring (bicyclic) bond motifs is 1. The van der Waals surface area contributed by atoms with Crippen molar-refractivity contribution in [3.63, 3.8) is 0 Å². The molecule has 2 aromatic carbocycles. The Morgan fingerprint density at radius 3 is 2.85 bits per heavy atom. The fraction of sp³-hybridized carbons (Fsp3) is 0.407. The first kappa shape index (κ1) is 23.7. The lowest BCUT2D eigenvalue weighted by Gasteiger charge is -2.16. The molecule has 0 amide bonds. The van der Waals surface area contributed by atoms with Crippen molar-refractivity contribution in [2.75, 3.05) is 25.6 Å². The number of anilines is 1. The topological polar surface area (TPSA) is 93.8 Å². The van der Waals surface area contributed by atoms with Gasteiger partial charge in [-0.2, -0.15) is 0 Å². The third kappa shape index (κ3) is 4.88. The molecule has 2 atom stereocenters. The molecule has 4 rings (SSSR count). The smallest absolute Gasteiger partial charge is 0.306 e. The molecule has 0 spiro atoms. The molecule has 0 bridgehead atoms. The van der Waals surface area contributed by atoms with Crippen LogP contribution in [-0.4, -0.2) is 36.3 Å². The van der Waals surface area contributed by atoms with Gasteiger partial charge in [0.15, 0.2) is 0 Å². The number of rotatable bonds is 10. The van der Waals surface area contributed by atoms with E-state index in [1.165, 1.54) is 5.56 Å². The van der Waals surface area contributed by atoms with E-state index < -0.39 is 5.97 Å². The average Bonchev–Trinajstić information content (AvgIpc) is 3.42. The predicted octanol–water partition coefficient (Wildman–Crippen LogP) is 5.46. The van der Waals surface area contributed by atoms with Crippen LogP contribution in [0.4, 0.5) is 5.69 Å². The highest BCUT2D eigenvalue weighted by Crippen LogP contribution is 2.40. The zero-order chi connectivity index (χ0) is 24.2. The average molecular weight is 465 g/mol. The van der Waals surface area contributed by atoms with Gasteiger partial charge in [0.05, 0.1) is 31.0 Å². The second kappa shape index (κ2) is 10.2. The third-order valence-electron chi connectivity index (χ3n) is 6.55. The molecule has 34 heavy (non-hydrogen) atoms. The Bertz CT molecular complexity index is 1170. The summed E-state index contributed by atoms with van der Waals surface area (Å²) in [6, 6.07) is 11.8. The molecule has 180 valence electrons. The van der Waals surface area contributed by atoms with Crippen LogP contribution in [0.25, 0.3) is 11.5 Å². The number of aryl methyl sites for hydroxylation is 2. The summed E-state index contributed by atoms with van der Waals surface area (Å²) >= 11 is 0. The number of benzene rings is 2. The molecule has 1 heterocycles. The van der Waals surface area contributed by atoms with Crippen LogP contribution in [0.3, 0.4) is 0 Å². The number of aliphatic carboxylic acids is 1. The molecule has 1 aliphatic carbocycles. The van der Waals surface area contributed by atoms with Crippen molar-refractivity contribution in [2.45, 2.75) is 46.0 Å². The quantitative estimate of drug-likeness (QED) is 0.411. The number of carboxylic acids is 1. The second-order valence-corrected chi connectivity index (χ2v) is 8.70. The van der Waals surface area contributed by atoms with Crippen molar-refractivity contribution in [3.8, 4) is 23.0 Å². The summed E-state index contributed by atoms with van der Waals surface area (Å²) in [5.41, 5.74) is 4.98. The third-order valence-corrected chi connectivity index (χ3v) is 6.55. The molecule has 3 aromatic rings. The molecule has 2 N–H and O–H groups in total. The Balaban J connectivity index is 1.40. The van der Waals surface area contributed by atoms with Gasteiger partial charge in [-0.15, -0.1) is 0 Å². The first-order valence-corrected chi connectivity index (χ1v) is 11.8. The highest BCUT2D eigenvalue weighted by molar-refractivity contribution is 5.71. The number of aromatic nitrogens is 1. The molecule has 0 saturated heterocycles. The Labute approximate surface area is 200 Å². The SMILES string of the molecule is CCNc1cc(-c2nc(CCOc3ccc4c(c3)CC[C@H]4[C@H](C)C(=O)O)c(C)o2)ccc1OC. The van der Waals surface area contributed by atoms with E-state index in [9.17, 15) is 9.90 Å². The summed E-state index contributed by atoms with van der Waals surface area (Å²) in [5.74, 6) is 1.88. The van der Waals surface area contributed by atoms with Crippen molar-refractivity contribution >= 4 is 11.7 Å². The zero-order valence-corrected chi connectivity index (χ0v) is 20.2. The fourth-order valence-corrected chi connectivity index (χ4v) is 4.63. The number of nitrogens with zero attached hydrogens (tertiary/aromatic N) is 1. The fourth-order valence-electron chi connectivity index (χ4n) is 4.63. The van der Waals surface area contributed by atoms with Gasteiger partial charge >= 0.3 is 5.97 Å². The van der Waals surface area contributed by atoms with Crippen LogP contribution in [0.5, 0.6) is 11.5 Å². The Morgan fingerprint density at radius 1 is 1.29 bits per heavy atom. The Kier molecular flexibility index (Phi) is 7.10. The van der Waals surface area contributed by atoms with Crippen LogP contribution >= 0.6 is 0 Å². The van der Waals surface area contributed by atoms with Crippen molar-refractivity contribution in [1.29, 1.82) is 0 Å². The first-order valence-electron chi connectivity index (χ1n) is 11.8. The summed E-state index contributed by atoms with van der Waals surface area (Å²) in [4.78, 5) is 16.1. The molecule has 1 aromatic heterocycles. The molecule has 1 aliphatic rings. The van der Waals surface area contributed by atoms with Gasteiger partial charge in [0.2, 0.25) is 5.89 Å². The van der Waals surface area contributed by atoms with Gasteiger partial charge in [-0.1, -0.05) is 13.0 Å². The van der Waals surface area contributed by atoms with Gasteiger partial charge in [0, 0.05) is 18.5 Å². The van der Waals surface area contributed by atoms with Crippen LogP contribution < -0.4 is 14.8 Å². The molecule has 0 unspecified atom stereocenters. The minimum Gasteiger partial charge on any atom is -0.495 e. The number of carboxylic acid groups (broad SMARTS) is 1. The molecule has 7 heteroatoms. The summed E-state index contributed by atoms with van der Waals surface area (Å²) in [5, 5.41) is 12.7. The lowest BCUT2D eigenvalue weighted by Crippen LogP contribution is -2.17. The van der Waals surface area contributed by atoms with E-state index >= 15 is 0 Å². The molecular weight excluding hydrogens is 432 g/mol. The number of carbonyl (C=O) groups is 1. The maximum Gasteiger partial charge on any atom is 0.306 e. The van der Waals surface area contributed by atoms with Crippen LogP contribution in [0.2, 0.25) is 0 Å². The monoisotopic (exact) mass is 464 g/mol. The number of nitrogens with one attached hydrogen (secondary N) is 1. The van der Waals surface area contributed by atoms with E-state index in [0.717, 1.165) is 59.2 Å².